The molecule has 3 aromatic rings. The van der Waals surface area contributed by atoms with Gasteiger partial charge in [-0.3, -0.25) is 0 Å². The number of aromatic nitrogens is 1. The fourth-order valence-electron chi connectivity index (χ4n) is 1.74. The number of nitrogens with zero attached hydrogens (tertiary/aromatic N) is 1. The van der Waals surface area contributed by atoms with Gasteiger partial charge in [0.05, 0.1) is 12.5 Å². The summed E-state index contributed by atoms with van der Waals surface area (Å²) < 4.78 is 10.7. The summed E-state index contributed by atoms with van der Waals surface area (Å²) in [6.07, 6.45) is 3.42. The van der Waals surface area contributed by atoms with Crippen LogP contribution in [0.15, 0.2) is 40.5 Å². The fraction of sp³-hybridized carbons (Fsp3) is 0.0833. The second kappa shape index (κ2) is 3.64. The minimum atomic E-state index is 0.751. The minimum Gasteiger partial charge on any atom is -0.493 e. The molecule has 0 atom stereocenters. The summed E-state index contributed by atoms with van der Waals surface area (Å²) in [4.78, 5) is 4.31. The van der Waals surface area contributed by atoms with Gasteiger partial charge in [-0.05, 0) is 6.07 Å². The van der Waals surface area contributed by atoms with E-state index in [0.717, 1.165) is 27.3 Å². The van der Waals surface area contributed by atoms with Gasteiger partial charge in [-0.15, -0.1) is 11.3 Å². The van der Waals surface area contributed by atoms with Crippen molar-refractivity contribution in [3.05, 3.63) is 36.0 Å². The molecule has 80 valence electrons. The number of benzene rings is 1. The Balaban J connectivity index is 2.35. The number of rotatable bonds is 2. The van der Waals surface area contributed by atoms with Gasteiger partial charge in [0.2, 0.25) is 0 Å². The van der Waals surface area contributed by atoms with Crippen molar-refractivity contribution in [1.29, 1.82) is 0 Å². The maximum Gasteiger partial charge on any atom is 0.165 e. The number of ether oxygens (including phenoxy) is 1. The number of fused-ring (bicyclic) bond motifs is 1. The van der Waals surface area contributed by atoms with Gasteiger partial charge in [-0.25, -0.2) is 4.98 Å². The van der Waals surface area contributed by atoms with E-state index in [1.807, 2.05) is 23.6 Å². The van der Waals surface area contributed by atoms with E-state index in [4.69, 9.17) is 9.15 Å². The van der Waals surface area contributed by atoms with Crippen LogP contribution in [0.5, 0.6) is 5.75 Å². The molecule has 0 saturated heterocycles. The molecule has 0 aliphatic carbocycles. The molecule has 0 N–H and O–H groups in total. The lowest BCUT2D eigenvalue weighted by Crippen LogP contribution is -1.82. The minimum absolute atomic E-state index is 0.751. The van der Waals surface area contributed by atoms with Crippen LogP contribution in [-0.2, 0) is 0 Å². The van der Waals surface area contributed by atoms with Crippen molar-refractivity contribution in [3.8, 4) is 16.3 Å². The number of methoxy groups -OCH3 is 1. The first kappa shape index (κ1) is 9.42. The Labute approximate surface area is 96.3 Å². The average Bonchev–Trinajstić information content (AvgIpc) is 2.97. The van der Waals surface area contributed by atoms with Gasteiger partial charge >= 0.3 is 0 Å². The van der Waals surface area contributed by atoms with Crippen LogP contribution in [0.1, 0.15) is 0 Å². The molecular weight excluding hydrogens is 222 g/mol. The monoisotopic (exact) mass is 231 g/mol. The van der Waals surface area contributed by atoms with E-state index >= 15 is 0 Å². The molecule has 0 saturated carbocycles. The van der Waals surface area contributed by atoms with E-state index in [1.54, 1.807) is 30.9 Å². The van der Waals surface area contributed by atoms with Gasteiger partial charge in [-0.1, -0.05) is 12.1 Å². The zero-order valence-corrected chi connectivity index (χ0v) is 9.45. The number of hydrogen-bond donors (Lipinski definition) is 0. The van der Waals surface area contributed by atoms with Crippen molar-refractivity contribution < 1.29 is 9.15 Å². The molecule has 3 nitrogen and oxygen atoms in total. The number of hydrogen-bond acceptors (Lipinski definition) is 4. The first-order valence-corrected chi connectivity index (χ1v) is 5.72. The Hall–Kier alpha value is -1.81. The zero-order valence-electron chi connectivity index (χ0n) is 8.64. The molecule has 3 rings (SSSR count). The molecule has 0 radical (unpaired) electrons. The lowest BCUT2D eigenvalue weighted by molar-refractivity contribution is 0.410. The van der Waals surface area contributed by atoms with Gasteiger partial charge in [0, 0.05) is 17.1 Å². The Morgan fingerprint density at radius 3 is 3.06 bits per heavy atom. The van der Waals surface area contributed by atoms with Crippen LogP contribution in [0.2, 0.25) is 0 Å². The topological polar surface area (TPSA) is 35.3 Å². The maximum atomic E-state index is 5.43. The lowest BCUT2D eigenvalue weighted by Gasteiger charge is -2.00. The molecular formula is C12H9NO2S. The molecule has 0 spiro atoms. The summed E-state index contributed by atoms with van der Waals surface area (Å²) in [5.41, 5.74) is 1.88. The highest BCUT2D eigenvalue weighted by Crippen LogP contribution is 2.37. The predicted molar refractivity (Wildman–Crippen MR) is 63.9 cm³/mol. The van der Waals surface area contributed by atoms with E-state index in [1.165, 1.54) is 0 Å². The van der Waals surface area contributed by atoms with Crippen molar-refractivity contribution in [2.45, 2.75) is 0 Å². The molecule has 0 fully saturated rings. The highest BCUT2D eigenvalue weighted by molar-refractivity contribution is 7.13. The normalized spacial score (nSPS) is 10.8. The SMILES string of the molecule is COc1coc2cccc(-c3nccs3)c12. The number of thiazole rings is 1. The molecule has 0 aliphatic heterocycles. The van der Waals surface area contributed by atoms with Crippen LogP contribution in [-0.4, -0.2) is 12.1 Å². The van der Waals surface area contributed by atoms with E-state index in [9.17, 15) is 0 Å². The summed E-state index contributed by atoms with van der Waals surface area (Å²) in [5.74, 6) is 0.751. The second-order valence-electron chi connectivity index (χ2n) is 3.32. The third-order valence-electron chi connectivity index (χ3n) is 2.45. The molecule has 0 aliphatic rings. The zero-order chi connectivity index (χ0) is 11.0. The van der Waals surface area contributed by atoms with Crippen molar-refractivity contribution in [3.63, 3.8) is 0 Å². The Kier molecular flexibility index (Phi) is 2.15. The van der Waals surface area contributed by atoms with E-state index in [-0.39, 0.29) is 0 Å². The molecule has 1 aromatic carbocycles. The highest BCUT2D eigenvalue weighted by Gasteiger charge is 2.13. The van der Waals surface area contributed by atoms with Gasteiger partial charge in [-0.2, -0.15) is 0 Å². The van der Waals surface area contributed by atoms with Crippen molar-refractivity contribution in [2.24, 2.45) is 0 Å². The van der Waals surface area contributed by atoms with E-state index in [0.29, 0.717) is 0 Å². The first-order valence-electron chi connectivity index (χ1n) is 4.84. The summed E-state index contributed by atoms with van der Waals surface area (Å²) in [6.45, 7) is 0. The molecule has 0 amide bonds. The third kappa shape index (κ3) is 1.31. The van der Waals surface area contributed by atoms with E-state index in [2.05, 4.69) is 4.98 Å². The molecule has 0 unspecified atom stereocenters. The van der Waals surface area contributed by atoms with Gasteiger partial charge in [0.15, 0.2) is 5.75 Å². The summed E-state index contributed by atoms with van der Waals surface area (Å²) in [5, 5.41) is 3.92. The molecule has 2 aromatic heterocycles. The third-order valence-corrected chi connectivity index (χ3v) is 3.25. The Morgan fingerprint density at radius 1 is 1.38 bits per heavy atom. The molecule has 16 heavy (non-hydrogen) atoms. The molecule has 0 bridgehead atoms. The largest absolute Gasteiger partial charge is 0.493 e. The lowest BCUT2D eigenvalue weighted by atomic mass is 10.1. The van der Waals surface area contributed by atoms with Gasteiger partial charge in [0.1, 0.15) is 16.9 Å². The summed E-state index contributed by atoms with van der Waals surface area (Å²) in [7, 11) is 1.64. The van der Waals surface area contributed by atoms with Gasteiger partial charge < -0.3 is 9.15 Å². The van der Waals surface area contributed by atoms with Crippen LogP contribution in [0.25, 0.3) is 21.5 Å². The summed E-state index contributed by atoms with van der Waals surface area (Å²) >= 11 is 1.61. The van der Waals surface area contributed by atoms with Crippen LogP contribution in [0.3, 0.4) is 0 Å². The maximum absolute atomic E-state index is 5.43. The predicted octanol–water partition coefficient (Wildman–Crippen LogP) is 3.56. The van der Waals surface area contributed by atoms with Crippen molar-refractivity contribution in [2.75, 3.05) is 7.11 Å². The second-order valence-corrected chi connectivity index (χ2v) is 4.21. The molecule has 2 heterocycles. The summed E-state index contributed by atoms with van der Waals surface area (Å²) in [6, 6.07) is 5.91. The van der Waals surface area contributed by atoms with Crippen LogP contribution >= 0.6 is 11.3 Å². The fourth-order valence-corrected chi connectivity index (χ4v) is 2.41. The Morgan fingerprint density at radius 2 is 2.31 bits per heavy atom. The smallest absolute Gasteiger partial charge is 0.165 e. The van der Waals surface area contributed by atoms with Crippen molar-refractivity contribution in [1.82, 2.24) is 4.98 Å². The van der Waals surface area contributed by atoms with Crippen LogP contribution in [0.4, 0.5) is 0 Å². The van der Waals surface area contributed by atoms with Gasteiger partial charge in [0.25, 0.3) is 0 Å². The highest BCUT2D eigenvalue weighted by atomic mass is 32.1. The Bertz CT molecular complexity index is 613. The van der Waals surface area contributed by atoms with Crippen LogP contribution < -0.4 is 4.74 Å². The standard InChI is InChI=1S/C12H9NO2S/c1-14-10-7-15-9-4-2-3-8(11(9)10)12-13-5-6-16-12/h2-7H,1H3. The average molecular weight is 231 g/mol. The van der Waals surface area contributed by atoms with E-state index < -0.39 is 0 Å². The first-order chi connectivity index (χ1) is 7.90. The number of furan rings is 1. The van der Waals surface area contributed by atoms with Crippen LogP contribution in [0, 0.1) is 0 Å². The molecule has 4 heteroatoms. The van der Waals surface area contributed by atoms with Crippen molar-refractivity contribution >= 4 is 22.3 Å². The quantitative estimate of drug-likeness (QED) is 0.676.